The summed E-state index contributed by atoms with van der Waals surface area (Å²) in [4.78, 5) is 40.1. The van der Waals surface area contributed by atoms with Gasteiger partial charge >= 0.3 is 18.2 Å². The lowest BCUT2D eigenvalue weighted by atomic mass is 9.41. The molecule has 1 aliphatic heterocycles. The highest BCUT2D eigenvalue weighted by molar-refractivity contribution is 5.81. The van der Waals surface area contributed by atoms with Gasteiger partial charge in [-0.05, 0) is 172 Å². The van der Waals surface area contributed by atoms with E-state index >= 15 is 0 Å². The Hall–Kier alpha value is -2.15. The quantitative estimate of drug-likeness (QED) is 0.0913. The van der Waals surface area contributed by atoms with E-state index in [4.69, 9.17) is 18.9 Å². The van der Waals surface area contributed by atoms with Crippen LogP contribution >= 0.6 is 0 Å². The molecule has 0 aromatic rings. The van der Waals surface area contributed by atoms with Gasteiger partial charge in [-0.2, -0.15) is 0 Å². The maximum atomic E-state index is 14.6. The average molecular weight is 805 g/mol. The molecule has 12 heteroatoms. The molecule has 5 saturated carbocycles. The third kappa shape index (κ3) is 7.62. The van der Waals surface area contributed by atoms with Crippen molar-refractivity contribution in [1.82, 2.24) is 10.6 Å². The van der Waals surface area contributed by atoms with Crippen LogP contribution in [0.1, 0.15) is 161 Å². The topological polar surface area (TPSA) is 173 Å². The number of rotatable bonds is 9. The van der Waals surface area contributed by atoms with Crippen LogP contribution in [-0.4, -0.2) is 92.9 Å². The second-order valence-corrected chi connectivity index (χ2v) is 23.1. The molecule has 2 amide bonds. The Morgan fingerprint density at radius 3 is 2.04 bits per heavy atom. The Kier molecular flexibility index (Phi) is 11.1. The summed E-state index contributed by atoms with van der Waals surface area (Å²) >= 11 is 0. The Morgan fingerprint density at radius 1 is 0.807 bits per heavy atom. The molecule has 1 heterocycles. The van der Waals surface area contributed by atoms with E-state index < -0.39 is 64.9 Å². The van der Waals surface area contributed by atoms with Gasteiger partial charge in [-0.1, -0.05) is 27.7 Å². The number of amides is 2. The maximum absolute atomic E-state index is 14.6. The first-order valence-electron chi connectivity index (χ1n) is 21.9. The minimum atomic E-state index is -1.06. The molecular formula is C45H76N2O10. The van der Waals surface area contributed by atoms with Gasteiger partial charge in [0.15, 0.2) is 0 Å². The summed E-state index contributed by atoms with van der Waals surface area (Å²) in [7, 11) is 0. The molecule has 0 aromatic carbocycles. The fraction of sp³-hybridized carbons (Fsp3) is 0.933. The second-order valence-electron chi connectivity index (χ2n) is 23.1. The van der Waals surface area contributed by atoms with E-state index in [1.807, 2.05) is 0 Å². The number of carbonyl (C=O) groups is 3. The fourth-order valence-electron chi connectivity index (χ4n) is 13.9. The summed E-state index contributed by atoms with van der Waals surface area (Å²) in [5.74, 6) is -0.591. The molecule has 13 atom stereocenters. The first kappa shape index (κ1) is 44.4. The number of aliphatic hydroxyl groups excluding tert-OH is 2. The van der Waals surface area contributed by atoms with Crippen LogP contribution in [-0.2, 0) is 23.7 Å². The first-order chi connectivity index (χ1) is 25.9. The number of hydrogen-bond donors (Lipinski definition) is 5. The summed E-state index contributed by atoms with van der Waals surface area (Å²) in [6, 6.07) is -1.04. The summed E-state index contributed by atoms with van der Waals surface area (Å²) in [5.41, 5.74) is -4.27. The Balaban J connectivity index is 1.31. The van der Waals surface area contributed by atoms with E-state index in [-0.39, 0.29) is 63.9 Å². The molecule has 6 fully saturated rings. The van der Waals surface area contributed by atoms with E-state index in [1.54, 1.807) is 55.4 Å². The SMILES string of the molecule is CC(C)(C)OC(=O)NCCCC(NC(=O)OC(C)(C)C)C(=O)O[C@H]1C[C@@]2(C)C3C[C@H](O)[C@H]4C(C)(C)[C@@H](O)CC[C@@]45C[C@@]35CC[C@]2(C)[C@H]1[C@@]1(C)CC[C@@H](C(C)(C)O)O1. The molecular weight excluding hydrogens is 728 g/mol. The highest BCUT2D eigenvalue weighted by Crippen LogP contribution is 2.89. The lowest BCUT2D eigenvalue weighted by Gasteiger charge is -2.64. The third-order valence-corrected chi connectivity index (χ3v) is 16.3. The molecule has 2 unspecified atom stereocenters. The smallest absolute Gasteiger partial charge is 0.408 e. The highest BCUT2D eigenvalue weighted by atomic mass is 16.6. The van der Waals surface area contributed by atoms with Crippen molar-refractivity contribution in [2.24, 2.45) is 44.8 Å². The maximum Gasteiger partial charge on any atom is 0.408 e. The molecule has 0 bridgehead atoms. The Morgan fingerprint density at radius 2 is 1.44 bits per heavy atom. The van der Waals surface area contributed by atoms with E-state index in [0.29, 0.717) is 32.1 Å². The Bertz CT molecular complexity index is 1560. The normalized spacial score (nSPS) is 42.7. The average Bonchev–Trinajstić information content (AvgIpc) is 3.38. The van der Waals surface area contributed by atoms with Crippen molar-refractivity contribution in [3.8, 4) is 0 Å². The molecule has 5 N–H and O–H groups in total. The van der Waals surface area contributed by atoms with Crippen molar-refractivity contribution in [1.29, 1.82) is 0 Å². The van der Waals surface area contributed by atoms with Crippen molar-refractivity contribution in [2.75, 3.05) is 6.54 Å². The van der Waals surface area contributed by atoms with Crippen molar-refractivity contribution in [2.45, 2.75) is 213 Å². The van der Waals surface area contributed by atoms with Gasteiger partial charge in [0.25, 0.3) is 0 Å². The first-order valence-corrected chi connectivity index (χ1v) is 21.9. The molecule has 6 aliphatic rings. The highest BCUT2D eigenvalue weighted by Gasteiger charge is 2.85. The van der Waals surface area contributed by atoms with Gasteiger partial charge in [-0.3, -0.25) is 0 Å². The van der Waals surface area contributed by atoms with Gasteiger partial charge in [-0.25, -0.2) is 14.4 Å². The zero-order chi connectivity index (χ0) is 42.6. The van der Waals surface area contributed by atoms with Gasteiger partial charge in [0.05, 0.1) is 29.5 Å². The summed E-state index contributed by atoms with van der Waals surface area (Å²) in [6.45, 7) is 25.6. The number of esters is 1. The lowest BCUT2D eigenvalue weighted by Crippen LogP contribution is -2.62. The van der Waals surface area contributed by atoms with Crippen LogP contribution in [0.25, 0.3) is 0 Å². The minimum absolute atomic E-state index is 0.0245. The molecule has 6 rings (SSSR count). The third-order valence-electron chi connectivity index (χ3n) is 16.3. The summed E-state index contributed by atoms with van der Waals surface area (Å²) in [5, 5.41) is 40.0. The van der Waals surface area contributed by atoms with Crippen LogP contribution < -0.4 is 10.6 Å². The molecule has 326 valence electrons. The molecule has 12 nitrogen and oxygen atoms in total. The molecule has 0 radical (unpaired) electrons. The molecule has 57 heavy (non-hydrogen) atoms. The van der Waals surface area contributed by atoms with Gasteiger partial charge in [-0.15, -0.1) is 0 Å². The lowest BCUT2D eigenvalue weighted by molar-refractivity contribution is -0.214. The van der Waals surface area contributed by atoms with E-state index in [9.17, 15) is 29.7 Å². The van der Waals surface area contributed by atoms with Crippen LogP contribution in [0, 0.1) is 44.8 Å². The van der Waals surface area contributed by atoms with Crippen molar-refractivity contribution in [3.05, 3.63) is 0 Å². The largest absolute Gasteiger partial charge is 0.460 e. The monoisotopic (exact) mass is 805 g/mol. The van der Waals surface area contributed by atoms with Gasteiger partial charge < -0.3 is 44.9 Å². The van der Waals surface area contributed by atoms with Crippen LogP contribution in [0.5, 0.6) is 0 Å². The second kappa shape index (κ2) is 14.2. The predicted molar refractivity (Wildman–Crippen MR) is 215 cm³/mol. The van der Waals surface area contributed by atoms with E-state index in [2.05, 4.69) is 45.3 Å². The van der Waals surface area contributed by atoms with Gasteiger partial charge in [0.1, 0.15) is 23.3 Å². The van der Waals surface area contributed by atoms with Crippen molar-refractivity contribution < 1.29 is 48.7 Å². The van der Waals surface area contributed by atoms with Crippen LogP contribution in [0.2, 0.25) is 0 Å². The number of aliphatic hydroxyl groups is 3. The summed E-state index contributed by atoms with van der Waals surface area (Å²) < 4.78 is 24.6. The van der Waals surface area contributed by atoms with Gasteiger partial charge in [0.2, 0.25) is 0 Å². The molecule has 1 saturated heterocycles. The number of nitrogens with one attached hydrogen (secondary N) is 2. The van der Waals surface area contributed by atoms with Crippen molar-refractivity contribution in [3.63, 3.8) is 0 Å². The number of hydrogen-bond acceptors (Lipinski definition) is 10. The van der Waals surface area contributed by atoms with Crippen LogP contribution in [0.4, 0.5) is 9.59 Å². The Labute approximate surface area is 341 Å². The zero-order valence-electron chi connectivity index (χ0n) is 37.3. The molecule has 5 aliphatic carbocycles. The minimum Gasteiger partial charge on any atom is -0.460 e. The van der Waals surface area contributed by atoms with Crippen LogP contribution in [0.15, 0.2) is 0 Å². The fourth-order valence-corrected chi connectivity index (χ4v) is 13.9. The van der Waals surface area contributed by atoms with E-state index in [1.165, 1.54) is 0 Å². The predicted octanol–water partition coefficient (Wildman–Crippen LogP) is 7.19. The zero-order valence-corrected chi connectivity index (χ0v) is 37.3. The van der Waals surface area contributed by atoms with E-state index in [0.717, 1.165) is 32.1 Å². The number of alkyl carbamates (subject to hydrolysis) is 2. The summed E-state index contributed by atoms with van der Waals surface area (Å²) in [6.07, 6.45) is 4.53. The van der Waals surface area contributed by atoms with Crippen LogP contribution in [0.3, 0.4) is 0 Å². The number of carbonyl (C=O) groups excluding carboxylic acids is 3. The molecule has 0 aromatic heterocycles. The van der Waals surface area contributed by atoms with Crippen molar-refractivity contribution >= 4 is 18.2 Å². The standard InChI is InChI=1S/C45H76N2O10/c1-37(2,3)56-35(51)46-22-14-15-26(47-36(52)57-38(4,5)6)34(50)54-28-24-42(12)29-23-27(48)32-39(7,8)30(49)16-19-45(32)25-44(29,45)21-20-41(42,11)33(28)43(13)18-17-31(55-43)40(9,10)53/h26-33,48-49,53H,14-25H2,1-13H3,(H,46,51)(H,47,52)/t26?,27-,28-,29?,30-,31-,32-,33-,41+,42-,43+,44-,45+/m0/s1. The number of ether oxygens (including phenoxy) is 4. The van der Waals surface area contributed by atoms with Gasteiger partial charge in [0, 0.05) is 12.5 Å². The number of fused-ring (bicyclic) bond motifs is 2. The molecule has 2 spiro atoms.